The molecule has 2 heterocycles. The lowest BCUT2D eigenvalue weighted by molar-refractivity contribution is -0.143. The predicted octanol–water partition coefficient (Wildman–Crippen LogP) is 3.39. The van der Waals surface area contributed by atoms with Crippen LogP contribution in [0.15, 0.2) is 77.6 Å². The Balaban J connectivity index is 1.64. The molecular formula is C26H26FN7O3. The third-order valence-electron chi connectivity index (χ3n) is 5.70. The zero-order valence-electron chi connectivity index (χ0n) is 20.2. The van der Waals surface area contributed by atoms with Gasteiger partial charge in [-0.05, 0) is 43.7 Å². The summed E-state index contributed by atoms with van der Waals surface area (Å²) in [6, 6.07) is 16.6. The largest absolute Gasteiger partial charge is 0.480 e. The fourth-order valence-electron chi connectivity index (χ4n) is 3.42. The number of hydrogen-bond acceptors (Lipinski definition) is 9. The smallest absolute Gasteiger partial charge is 0.323 e. The second-order valence-corrected chi connectivity index (χ2v) is 8.72. The van der Waals surface area contributed by atoms with Gasteiger partial charge in [0.25, 0.3) is 5.89 Å². The van der Waals surface area contributed by atoms with Gasteiger partial charge in [-0.25, -0.2) is 10.2 Å². The zero-order chi connectivity index (χ0) is 26.6. The molecule has 0 unspecified atom stereocenters. The minimum Gasteiger partial charge on any atom is -0.480 e. The van der Waals surface area contributed by atoms with Crippen LogP contribution in [0.3, 0.4) is 0 Å². The Morgan fingerprint density at radius 1 is 1.11 bits per heavy atom. The van der Waals surface area contributed by atoms with E-state index < -0.39 is 17.3 Å². The molecule has 37 heavy (non-hydrogen) atoms. The lowest BCUT2D eigenvalue weighted by Gasteiger charge is -2.23. The van der Waals surface area contributed by atoms with E-state index in [-0.39, 0.29) is 28.8 Å². The van der Waals surface area contributed by atoms with Crippen molar-refractivity contribution in [2.75, 3.05) is 5.01 Å². The van der Waals surface area contributed by atoms with Gasteiger partial charge in [-0.3, -0.25) is 20.1 Å². The van der Waals surface area contributed by atoms with Crippen LogP contribution in [0, 0.1) is 5.82 Å². The number of rotatable bonds is 9. The van der Waals surface area contributed by atoms with Gasteiger partial charge in [0.15, 0.2) is 0 Å². The van der Waals surface area contributed by atoms with Gasteiger partial charge in [0, 0.05) is 30.1 Å². The van der Waals surface area contributed by atoms with Crippen LogP contribution in [-0.2, 0) is 11.3 Å². The average molecular weight is 504 g/mol. The van der Waals surface area contributed by atoms with Gasteiger partial charge in [0.1, 0.15) is 17.1 Å². The molecule has 0 bridgehead atoms. The van der Waals surface area contributed by atoms with Crippen molar-refractivity contribution in [3.8, 4) is 11.4 Å². The number of hydrazine groups is 1. The molecule has 0 aliphatic carbocycles. The van der Waals surface area contributed by atoms with Crippen LogP contribution in [0.25, 0.3) is 22.8 Å². The van der Waals surface area contributed by atoms with Crippen molar-refractivity contribution in [1.29, 1.82) is 0 Å². The molecular weight excluding hydrogens is 477 g/mol. The van der Waals surface area contributed by atoms with E-state index in [1.807, 2.05) is 12.1 Å². The Labute approximate surface area is 212 Å². The number of nitrogens with zero attached hydrogens (tertiary/aromatic N) is 4. The third kappa shape index (κ3) is 5.63. The molecule has 0 aliphatic rings. The molecule has 0 atom stereocenters. The fourth-order valence-corrected chi connectivity index (χ4v) is 3.42. The topological polar surface area (TPSA) is 156 Å². The molecule has 0 saturated carbocycles. The molecule has 4 rings (SSSR count). The maximum Gasteiger partial charge on any atom is 0.323 e. The number of pyridine rings is 1. The summed E-state index contributed by atoms with van der Waals surface area (Å²) in [7, 11) is 0. The summed E-state index contributed by atoms with van der Waals surface area (Å²) < 4.78 is 20.0. The standard InChI is InChI=1S/C26H26FN7O3/c1-26(2,25(35)36)31-15-16-7-9-18(10-8-16)23-32-24(37-33-23)21(28)22(17-11-13-30-14-12-17)34(29)20-6-4-3-5-19(20)27/h3-14,31H,15,28-29H2,1-2H3,(H,35,36)/b22-21-. The average Bonchev–Trinajstić information content (AvgIpc) is 3.39. The maximum atomic E-state index is 14.5. The Bertz CT molecular complexity index is 1420. The van der Waals surface area contributed by atoms with Gasteiger partial charge < -0.3 is 15.4 Å². The van der Waals surface area contributed by atoms with Crippen LogP contribution in [-0.4, -0.2) is 31.7 Å². The minimum absolute atomic E-state index is 0.00236. The van der Waals surface area contributed by atoms with Crippen LogP contribution in [0.5, 0.6) is 0 Å². The van der Waals surface area contributed by atoms with Gasteiger partial charge in [0.05, 0.1) is 11.4 Å². The van der Waals surface area contributed by atoms with E-state index in [1.165, 1.54) is 12.1 Å². The number of nitrogens with one attached hydrogen (secondary N) is 1. The first kappa shape index (κ1) is 25.5. The number of carboxylic acid groups (broad SMARTS) is 1. The first-order chi connectivity index (χ1) is 17.7. The molecule has 11 heteroatoms. The van der Waals surface area contributed by atoms with Crippen molar-refractivity contribution in [2.24, 2.45) is 11.6 Å². The Morgan fingerprint density at radius 2 is 1.78 bits per heavy atom. The second-order valence-electron chi connectivity index (χ2n) is 8.72. The van der Waals surface area contributed by atoms with E-state index in [4.69, 9.17) is 16.1 Å². The van der Waals surface area contributed by atoms with E-state index >= 15 is 0 Å². The fraction of sp³-hybridized carbons (Fsp3) is 0.154. The monoisotopic (exact) mass is 503 g/mol. The van der Waals surface area contributed by atoms with Crippen molar-refractivity contribution < 1.29 is 18.8 Å². The number of para-hydroxylation sites is 1. The highest BCUT2D eigenvalue weighted by Gasteiger charge is 2.26. The highest BCUT2D eigenvalue weighted by Crippen LogP contribution is 2.30. The summed E-state index contributed by atoms with van der Waals surface area (Å²) in [5.41, 5.74) is 7.90. The third-order valence-corrected chi connectivity index (χ3v) is 5.70. The van der Waals surface area contributed by atoms with Crippen molar-refractivity contribution in [2.45, 2.75) is 25.9 Å². The SMILES string of the molecule is CC(C)(NCc1ccc(-c2noc(/C(N)=C(\c3ccncc3)N(N)c3ccccc3F)n2)cc1)C(=O)O. The maximum absolute atomic E-state index is 14.5. The van der Waals surface area contributed by atoms with Crippen LogP contribution in [0.1, 0.15) is 30.9 Å². The van der Waals surface area contributed by atoms with E-state index in [0.717, 1.165) is 10.6 Å². The van der Waals surface area contributed by atoms with Crippen molar-refractivity contribution in [1.82, 2.24) is 20.4 Å². The molecule has 0 fully saturated rings. The number of aliphatic carboxylic acids is 1. The summed E-state index contributed by atoms with van der Waals surface area (Å²) in [5, 5.41) is 17.4. The number of carboxylic acids is 1. The van der Waals surface area contributed by atoms with Crippen LogP contribution in [0.2, 0.25) is 0 Å². The van der Waals surface area contributed by atoms with Gasteiger partial charge in [-0.2, -0.15) is 4.98 Å². The van der Waals surface area contributed by atoms with Crippen molar-refractivity contribution in [3.05, 3.63) is 95.9 Å². The number of aromatic nitrogens is 3. The molecule has 0 amide bonds. The summed E-state index contributed by atoms with van der Waals surface area (Å²) >= 11 is 0. The summed E-state index contributed by atoms with van der Waals surface area (Å²) in [5.74, 6) is 5.14. The normalized spacial score (nSPS) is 12.2. The Kier molecular flexibility index (Phi) is 7.27. The lowest BCUT2D eigenvalue weighted by Crippen LogP contribution is -2.46. The van der Waals surface area contributed by atoms with Gasteiger partial charge in [0.2, 0.25) is 5.82 Å². The molecule has 0 radical (unpaired) electrons. The van der Waals surface area contributed by atoms with Crippen molar-refractivity contribution in [3.63, 3.8) is 0 Å². The number of anilines is 1. The van der Waals surface area contributed by atoms with Crippen molar-refractivity contribution >= 4 is 23.1 Å². The molecule has 6 N–H and O–H groups in total. The zero-order valence-corrected chi connectivity index (χ0v) is 20.2. The van der Waals surface area contributed by atoms with E-state index in [9.17, 15) is 14.3 Å². The summed E-state index contributed by atoms with van der Waals surface area (Å²) in [6.45, 7) is 3.55. The summed E-state index contributed by atoms with van der Waals surface area (Å²) in [6.07, 6.45) is 3.12. The van der Waals surface area contributed by atoms with Gasteiger partial charge in [-0.15, -0.1) is 0 Å². The van der Waals surface area contributed by atoms with E-state index in [0.29, 0.717) is 17.7 Å². The number of hydrogen-bond donors (Lipinski definition) is 4. The van der Waals surface area contributed by atoms with Gasteiger partial charge in [-0.1, -0.05) is 41.6 Å². The summed E-state index contributed by atoms with van der Waals surface area (Å²) in [4.78, 5) is 19.7. The first-order valence-electron chi connectivity index (χ1n) is 11.3. The highest BCUT2D eigenvalue weighted by atomic mass is 19.1. The molecule has 0 spiro atoms. The highest BCUT2D eigenvalue weighted by molar-refractivity contribution is 5.93. The molecule has 0 saturated heterocycles. The second kappa shape index (κ2) is 10.6. The molecule has 190 valence electrons. The predicted molar refractivity (Wildman–Crippen MR) is 137 cm³/mol. The molecule has 10 nitrogen and oxygen atoms in total. The van der Waals surface area contributed by atoms with Crippen LogP contribution >= 0.6 is 0 Å². The number of carbonyl (C=O) groups is 1. The number of halogens is 1. The van der Waals surface area contributed by atoms with E-state index in [2.05, 4.69) is 20.4 Å². The molecule has 4 aromatic rings. The van der Waals surface area contributed by atoms with E-state index in [1.54, 1.807) is 62.6 Å². The molecule has 2 aromatic carbocycles. The number of benzene rings is 2. The molecule has 2 aromatic heterocycles. The molecule has 0 aliphatic heterocycles. The van der Waals surface area contributed by atoms with Crippen LogP contribution in [0.4, 0.5) is 10.1 Å². The van der Waals surface area contributed by atoms with Crippen LogP contribution < -0.4 is 21.9 Å². The quantitative estimate of drug-likeness (QED) is 0.197. The Hall–Kier alpha value is -4.61. The first-order valence-corrected chi connectivity index (χ1v) is 11.3. The van der Waals surface area contributed by atoms with Gasteiger partial charge >= 0.3 is 5.97 Å². The number of nitrogens with two attached hydrogens (primary N) is 2. The minimum atomic E-state index is -1.06. The Morgan fingerprint density at radius 3 is 2.43 bits per heavy atom. The lowest BCUT2D eigenvalue weighted by atomic mass is 10.1.